The van der Waals surface area contributed by atoms with Crippen molar-refractivity contribution in [1.82, 2.24) is 4.90 Å². The molecule has 0 aliphatic carbocycles. The largest absolute Gasteiger partial charge is 0.383 e. The monoisotopic (exact) mass is 411 g/mol. The first-order valence-corrected chi connectivity index (χ1v) is 11.4. The van der Waals surface area contributed by atoms with Gasteiger partial charge in [0.05, 0.1) is 6.26 Å². The minimum absolute atomic E-state index is 0.0207. The van der Waals surface area contributed by atoms with E-state index in [2.05, 4.69) is 6.92 Å². The molecule has 3 rings (SSSR count). The fourth-order valence-electron chi connectivity index (χ4n) is 3.24. The molecule has 0 aromatic heterocycles. The maximum absolute atomic E-state index is 13.4. The number of hydrogen-bond donors (Lipinski definition) is 0. The SMILES string of the molecule is CC[C@H](C)N(Cc1ccc(OS(C)(=O)=O)cc1)C(=O)c1cccc2ccccc12. The van der Waals surface area contributed by atoms with Crippen LogP contribution in [0.15, 0.2) is 66.7 Å². The van der Waals surface area contributed by atoms with Crippen LogP contribution < -0.4 is 4.18 Å². The lowest BCUT2D eigenvalue weighted by Gasteiger charge is -2.29. The number of carbonyl (C=O) groups is 1. The van der Waals surface area contributed by atoms with Gasteiger partial charge in [-0.15, -0.1) is 0 Å². The highest BCUT2D eigenvalue weighted by Gasteiger charge is 2.22. The Balaban J connectivity index is 1.89. The van der Waals surface area contributed by atoms with Gasteiger partial charge < -0.3 is 9.08 Å². The van der Waals surface area contributed by atoms with Gasteiger partial charge in [0.2, 0.25) is 0 Å². The minimum atomic E-state index is -3.57. The Morgan fingerprint density at radius 3 is 2.31 bits per heavy atom. The summed E-state index contributed by atoms with van der Waals surface area (Å²) in [5.74, 6) is 0.235. The Morgan fingerprint density at radius 1 is 1.00 bits per heavy atom. The van der Waals surface area contributed by atoms with Crippen molar-refractivity contribution in [2.45, 2.75) is 32.9 Å². The molecule has 0 radical (unpaired) electrons. The van der Waals surface area contributed by atoms with Crippen molar-refractivity contribution in [3.8, 4) is 5.75 Å². The van der Waals surface area contributed by atoms with Crippen molar-refractivity contribution < 1.29 is 17.4 Å². The molecule has 3 aromatic rings. The van der Waals surface area contributed by atoms with E-state index in [9.17, 15) is 13.2 Å². The van der Waals surface area contributed by atoms with E-state index in [1.54, 1.807) is 24.3 Å². The standard InChI is InChI=1S/C23H25NO4S/c1-4-17(2)24(16-18-12-14-20(15-13-18)28-29(3,26)27)23(25)22-11-7-9-19-8-5-6-10-21(19)22/h5-15,17H,4,16H2,1-3H3/t17-/m0/s1. The summed E-state index contributed by atoms with van der Waals surface area (Å²) in [6.07, 6.45) is 1.83. The third-order valence-electron chi connectivity index (χ3n) is 4.93. The molecule has 1 atom stereocenters. The average molecular weight is 412 g/mol. The van der Waals surface area contributed by atoms with Gasteiger partial charge >= 0.3 is 10.1 Å². The molecule has 0 spiro atoms. The second kappa shape index (κ2) is 8.66. The van der Waals surface area contributed by atoms with Crippen LogP contribution >= 0.6 is 0 Å². The highest BCUT2D eigenvalue weighted by Crippen LogP contribution is 2.23. The number of benzene rings is 3. The van der Waals surface area contributed by atoms with Gasteiger partial charge in [0.15, 0.2) is 0 Å². The third kappa shape index (κ3) is 5.15. The zero-order valence-electron chi connectivity index (χ0n) is 16.8. The smallest absolute Gasteiger partial charge is 0.306 e. The number of amides is 1. The van der Waals surface area contributed by atoms with Gasteiger partial charge in [-0.3, -0.25) is 4.79 Å². The fourth-order valence-corrected chi connectivity index (χ4v) is 3.70. The fraction of sp³-hybridized carbons (Fsp3) is 0.261. The molecular weight excluding hydrogens is 386 g/mol. The van der Waals surface area contributed by atoms with Crippen molar-refractivity contribution in [1.29, 1.82) is 0 Å². The van der Waals surface area contributed by atoms with E-state index < -0.39 is 10.1 Å². The van der Waals surface area contributed by atoms with Gasteiger partial charge in [0.1, 0.15) is 5.75 Å². The average Bonchev–Trinajstić information content (AvgIpc) is 2.70. The van der Waals surface area contributed by atoms with E-state index in [0.29, 0.717) is 12.1 Å². The molecule has 0 bridgehead atoms. The van der Waals surface area contributed by atoms with Gasteiger partial charge in [-0.2, -0.15) is 8.42 Å². The zero-order valence-corrected chi connectivity index (χ0v) is 17.6. The maximum Gasteiger partial charge on any atom is 0.306 e. The molecule has 152 valence electrons. The predicted octanol–water partition coefficient (Wildman–Crippen LogP) is 4.62. The second-order valence-electron chi connectivity index (χ2n) is 7.15. The van der Waals surface area contributed by atoms with E-state index in [1.807, 2.05) is 54.3 Å². The highest BCUT2D eigenvalue weighted by atomic mass is 32.2. The van der Waals surface area contributed by atoms with Crippen LogP contribution in [0.3, 0.4) is 0 Å². The van der Waals surface area contributed by atoms with E-state index in [-0.39, 0.29) is 17.7 Å². The van der Waals surface area contributed by atoms with Gasteiger partial charge in [-0.05, 0) is 47.9 Å². The summed E-state index contributed by atoms with van der Waals surface area (Å²) in [5.41, 5.74) is 1.58. The first-order chi connectivity index (χ1) is 13.8. The van der Waals surface area contributed by atoms with Crippen molar-refractivity contribution >= 4 is 26.8 Å². The number of fused-ring (bicyclic) bond motifs is 1. The lowest BCUT2D eigenvalue weighted by molar-refractivity contribution is 0.0673. The number of hydrogen-bond acceptors (Lipinski definition) is 4. The molecule has 0 saturated carbocycles. The molecule has 0 heterocycles. The van der Waals surface area contributed by atoms with Crippen LogP contribution in [-0.4, -0.2) is 31.5 Å². The Hall–Kier alpha value is -2.86. The summed E-state index contributed by atoms with van der Waals surface area (Å²) in [6.45, 7) is 4.51. The Morgan fingerprint density at radius 2 is 1.66 bits per heavy atom. The molecular formula is C23H25NO4S. The summed E-state index contributed by atoms with van der Waals surface area (Å²) < 4.78 is 27.4. The number of rotatable bonds is 7. The Labute approximate surface area is 172 Å². The van der Waals surface area contributed by atoms with Crippen molar-refractivity contribution in [3.63, 3.8) is 0 Å². The quantitative estimate of drug-likeness (QED) is 0.532. The molecule has 0 unspecified atom stereocenters. The molecule has 5 nitrogen and oxygen atoms in total. The molecule has 0 aliphatic rings. The zero-order chi connectivity index (χ0) is 21.0. The summed E-state index contributed by atoms with van der Waals surface area (Å²) in [5, 5.41) is 1.97. The number of carbonyl (C=O) groups excluding carboxylic acids is 1. The van der Waals surface area contributed by atoms with E-state index in [1.165, 1.54) is 0 Å². The van der Waals surface area contributed by atoms with Crippen molar-refractivity contribution in [2.24, 2.45) is 0 Å². The lowest BCUT2D eigenvalue weighted by atomic mass is 10.0. The molecule has 0 fully saturated rings. The normalized spacial score (nSPS) is 12.5. The molecule has 0 N–H and O–H groups in total. The van der Waals surface area contributed by atoms with Gasteiger partial charge in [-0.1, -0.05) is 55.5 Å². The van der Waals surface area contributed by atoms with Crippen LogP contribution in [0, 0.1) is 0 Å². The topological polar surface area (TPSA) is 63.7 Å². The second-order valence-corrected chi connectivity index (χ2v) is 8.72. The predicted molar refractivity (Wildman–Crippen MR) is 115 cm³/mol. The molecule has 1 amide bonds. The van der Waals surface area contributed by atoms with Gasteiger partial charge in [-0.25, -0.2) is 0 Å². The van der Waals surface area contributed by atoms with Crippen LogP contribution in [0.5, 0.6) is 5.75 Å². The highest BCUT2D eigenvalue weighted by molar-refractivity contribution is 7.86. The maximum atomic E-state index is 13.4. The molecule has 0 aliphatic heterocycles. The van der Waals surface area contributed by atoms with Gasteiger partial charge in [0, 0.05) is 18.2 Å². The molecule has 6 heteroatoms. The lowest BCUT2D eigenvalue weighted by Crippen LogP contribution is -2.37. The Kier molecular flexibility index (Phi) is 6.23. The van der Waals surface area contributed by atoms with Crippen LogP contribution in [0.1, 0.15) is 36.2 Å². The van der Waals surface area contributed by atoms with Crippen LogP contribution in [0.25, 0.3) is 10.8 Å². The van der Waals surface area contributed by atoms with Gasteiger partial charge in [0.25, 0.3) is 5.91 Å². The first kappa shape index (κ1) is 20.9. The van der Waals surface area contributed by atoms with Crippen molar-refractivity contribution in [2.75, 3.05) is 6.26 Å². The van der Waals surface area contributed by atoms with Crippen LogP contribution in [-0.2, 0) is 16.7 Å². The third-order valence-corrected chi connectivity index (χ3v) is 5.42. The molecule has 0 saturated heterocycles. The van der Waals surface area contributed by atoms with Crippen LogP contribution in [0.4, 0.5) is 0 Å². The minimum Gasteiger partial charge on any atom is -0.383 e. The molecule has 3 aromatic carbocycles. The summed E-state index contributed by atoms with van der Waals surface area (Å²) >= 11 is 0. The Bertz CT molecular complexity index is 1100. The summed E-state index contributed by atoms with van der Waals surface area (Å²) in [6, 6.07) is 20.5. The summed E-state index contributed by atoms with van der Waals surface area (Å²) in [4.78, 5) is 15.3. The van der Waals surface area contributed by atoms with E-state index >= 15 is 0 Å². The van der Waals surface area contributed by atoms with E-state index in [0.717, 1.165) is 29.0 Å². The molecule has 29 heavy (non-hydrogen) atoms. The van der Waals surface area contributed by atoms with E-state index in [4.69, 9.17) is 4.18 Å². The summed E-state index contributed by atoms with van der Waals surface area (Å²) in [7, 11) is -3.57. The number of nitrogens with zero attached hydrogens (tertiary/aromatic N) is 1. The van der Waals surface area contributed by atoms with Crippen LogP contribution in [0.2, 0.25) is 0 Å². The first-order valence-electron chi connectivity index (χ1n) is 9.55. The van der Waals surface area contributed by atoms with Crippen molar-refractivity contribution in [3.05, 3.63) is 77.9 Å².